The third-order valence-electron chi connectivity index (χ3n) is 8.50. The van der Waals surface area contributed by atoms with Crippen LogP contribution in [0.15, 0.2) is 102 Å². The number of nitrogens with zero attached hydrogens (tertiary/aromatic N) is 3. The van der Waals surface area contributed by atoms with Crippen LogP contribution in [0.3, 0.4) is 0 Å². The maximum Gasteiger partial charge on any atom is 0.407 e. The highest BCUT2D eigenvalue weighted by Crippen LogP contribution is 2.33. The van der Waals surface area contributed by atoms with Crippen LogP contribution in [0.1, 0.15) is 33.4 Å². The van der Waals surface area contributed by atoms with Gasteiger partial charge in [0.05, 0.1) is 20.8 Å². The van der Waals surface area contributed by atoms with Crippen molar-refractivity contribution in [3.8, 4) is 11.5 Å². The molecule has 1 unspecified atom stereocenters. The van der Waals surface area contributed by atoms with Gasteiger partial charge in [-0.05, 0) is 54.0 Å². The first-order valence-corrected chi connectivity index (χ1v) is 19.0. The molecule has 3 aromatic carbocycles. The lowest BCUT2D eigenvalue weighted by molar-refractivity contribution is 0.124. The molecule has 0 radical (unpaired) electrons. The Morgan fingerprint density at radius 2 is 1.25 bits per heavy atom. The second-order valence-electron chi connectivity index (χ2n) is 12.9. The number of amides is 2. The lowest BCUT2D eigenvalue weighted by atomic mass is 9.98. The zero-order valence-corrected chi connectivity index (χ0v) is 30.7. The molecule has 0 bridgehead atoms. The largest absolute Gasteiger partial charge is 0.454 e. The molecule has 0 aliphatic carbocycles. The third kappa shape index (κ3) is 11.8. The predicted octanol–water partition coefficient (Wildman–Crippen LogP) is 6.88. The molecule has 0 saturated carbocycles. The van der Waals surface area contributed by atoms with Crippen LogP contribution in [0.4, 0.5) is 9.59 Å². The van der Waals surface area contributed by atoms with E-state index in [1.807, 2.05) is 48.5 Å². The van der Waals surface area contributed by atoms with E-state index in [-0.39, 0.29) is 38.0 Å². The number of carbonyl (C=O) groups is 2. The van der Waals surface area contributed by atoms with E-state index in [0.717, 1.165) is 44.4 Å². The van der Waals surface area contributed by atoms with E-state index in [0.29, 0.717) is 32.5 Å². The molecule has 52 heavy (non-hydrogen) atoms. The predicted molar refractivity (Wildman–Crippen MR) is 201 cm³/mol. The number of rotatable bonds is 18. The van der Waals surface area contributed by atoms with E-state index in [1.165, 1.54) is 22.7 Å². The summed E-state index contributed by atoms with van der Waals surface area (Å²) in [5, 5.41) is 6.29. The standard InChI is InChI=1S/C39H43N5O6S2/c1-28(14-31-12-13-36-37(17-31)50-27-49-36)20-44(21-32(15-29-8-4-2-5-9-29)42-38(45)47-23-34-18-40-25-51-34)22-33(16-30-10-6-3-7-11-30)43-39(46)48-24-35-19-41-26-52-35/h2-13,17-19,25-26,28,32-33H,14-16,20-24,27H2,1H3,(H,42,45)(H,43,46)/t28?,32-,33-/m1/s1. The van der Waals surface area contributed by atoms with Gasteiger partial charge in [0, 0.05) is 44.1 Å². The van der Waals surface area contributed by atoms with E-state index in [1.54, 1.807) is 23.4 Å². The van der Waals surface area contributed by atoms with Crippen molar-refractivity contribution in [2.45, 2.75) is 51.5 Å². The first-order chi connectivity index (χ1) is 25.4. The van der Waals surface area contributed by atoms with Crippen molar-refractivity contribution in [3.05, 3.63) is 129 Å². The number of ether oxygens (including phenoxy) is 4. The summed E-state index contributed by atoms with van der Waals surface area (Å²) in [4.78, 5) is 38.6. The lowest BCUT2D eigenvalue weighted by Crippen LogP contribution is -2.51. The number of alkyl carbamates (subject to hydrolysis) is 2. The Bertz CT molecular complexity index is 1710. The Morgan fingerprint density at radius 1 is 0.712 bits per heavy atom. The highest BCUT2D eigenvalue weighted by Gasteiger charge is 2.25. The van der Waals surface area contributed by atoms with Crippen molar-refractivity contribution < 1.29 is 28.5 Å². The number of benzene rings is 3. The zero-order chi connectivity index (χ0) is 36.0. The molecule has 1 aliphatic rings. The van der Waals surface area contributed by atoms with Crippen LogP contribution in [0.5, 0.6) is 11.5 Å². The molecular weight excluding hydrogens is 699 g/mol. The summed E-state index contributed by atoms with van der Waals surface area (Å²) < 4.78 is 22.4. The summed E-state index contributed by atoms with van der Waals surface area (Å²) in [6, 6.07) is 25.7. The minimum atomic E-state index is -0.492. The van der Waals surface area contributed by atoms with E-state index in [9.17, 15) is 9.59 Å². The van der Waals surface area contributed by atoms with Gasteiger partial charge in [0.2, 0.25) is 6.79 Å². The molecule has 272 valence electrons. The number of fused-ring (bicyclic) bond motifs is 1. The quantitative estimate of drug-likeness (QED) is 0.0989. The monoisotopic (exact) mass is 741 g/mol. The smallest absolute Gasteiger partial charge is 0.407 e. The molecule has 2 N–H and O–H groups in total. The molecule has 6 rings (SSSR count). The second kappa shape index (κ2) is 19.0. The molecule has 5 aromatic rings. The Hall–Kier alpha value is -4.98. The molecule has 3 heterocycles. The van der Waals surface area contributed by atoms with Crippen LogP contribution < -0.4 is 20.1 Å². The van der Waals surface area contributed by atoms with Gasteiger partial charge in [-0.25, -0.2) is 9.59 Å². The highest BCUT2D eigenvalue weighted by atomic mass is 32.1. The molecule has 3 atom stereocenters. The number of carbonyl (C=O) groups excluding carboxylic acids is 2. The van der Waals surface area contributed by atoms with Crippen molar-refractivity contribution >= 4 is 34.9 Å². The number of nitrogens with one attached hydrogen (secondary N) is 2. The van der Waals surface area contributed by atoms with Crippen molar-refractivity contribution in [1.29, 1.82) is 0 Å². The van der Waals surface area contributed by atoms with E-state index in [2.05, 4.69) is 62.8 Å². The van der Waals surface area contributed by atoms with E-state index >= 15 is 0 Å². The maximum absolute atomic E-state index is 13.2. The molecule has 0 spiro atoms. The van der Waals surface area contributed by atoms with Gasteiger partial charge < -0.3 is 29.6 Å². The summed E-state index contributed by atoms with van der Waals surface area (Å²) in [5.74, 6) is 1.73. The molecular formula is C39H43N5O6S2. The Labute approximate surface area is 311 Å². The number of hydrogen-bond donors (Lipinski definition) is 2. The molecule has 13 heteroatoms. The molecule has 0 saturated heterocycles. The summed E-state index contributed by atoms with van der Waals surface area (Å²) >= 11 is 2.88. The first-order valence-electron chi connectivity index (χ1n) is 17.2. The maximum atomic E-state index is 13.2. The first kappa shape index (κ1) is 36.8. The van der Waals surface area contributed by atoms with E-state index < -0.39 is 12.2 Å². The van der Waals surface area contributed by atoms with Crippen molar-refractivity contribution in [2.24, 2.45) is 5.92 Å². The minimum Gasteiger partial charge on any atom is -0.454 e. The van der Waals surface area contributed by atoms with Gasteiger partial charge in [-0.2, -0.15) is 0 Å². The van der Waals surface area contributed by atoms with Crippen LogP contribution >= 0.6 is 22.7 Å². The molecule has 11 nitrogen and oxygen atoms in total. The molecule has 2 aromatic heterocycles. The van der Waals surface area contributed by atoms with Gasteiger partial charge in [0.25, 0.3) is 0 Å². The minimum absolute atomic E-state index is 0.150. The Morgan fingerprint density at radius 3 is 1.77 bits per heavy atom. The average molecular weight is 742 g/mol. The fraction of sp³-hybridized carbons (Fsp3) is 0.333. The van der Waals surface area contributed by atoms with Crippen LogP contribution in [0.25, 0.3) is 0 Å². The van der Waals surface area contributed by atoms with Crippen LogP contribution in [0, 0.1) is 5.92 Å². The topological polar surface area (TPSA) is 124 Å². The van der Waals surface area contributed by atoms with Gasteiger partial charge in [0.1, 0.15) is 13.2 Å². The van der Waals surface area contributed by atoms with Gasteiger partial charge in [-0.1, -0.05) is 73.7 Å². The number of thiazole rings is 2. The van der Waals surface area contributed by atoms with Gasteiger partial charge >= 0.3 is 12.2 Å². The fourth-order valence-electron chi connectivity index (χ4n) is 6.26. The Kier molecular flexibility index (Phi) is 13.5. The van der Waals surface area contributed by atoms with Crippen LogP contribution in [-0.4, -0.2) is 65.6 Å². The van der Waals surface area contributed by atoms with Crippen molar-refractivity contribution in [3.63, 3.8) is 0 Å². The van der Waals surface area contributed by atoms with Gasteiger partial charge in [-0.15, -0.1) is 22.7 Å². The molecule has 0 fully saturated rings. The Balaban J connectivity index is 1.21. The third-order valence-corrected chi connectivity index (χ3v) is 10.0. The van der Waals surface area contributed by atoms with Crippen molar-refractivity contribution in [2.75, 3.05) is 26.4 Å². The summed E-state index contributed by atoms with van der Waals surface area (Å²) in [7, 11) is 0. The highest BCUT2D eigenvalue weighted by molar-refractivity contribution is 7.09. The molecule has 1 aliphatic heterocycles. The van der Waals surface area contributed by atoms with E-state index in [4.69, 9.17) is 18.9 Å². The number of aromatic nitrogens is 2. The normalized spacial score (nSPS) is 13.7. The van der Waals surface area contributed by atoms with Gasteiger partial charge in [-0.3, -0.25) is 14.9 Å². The summed E-state index contributed by atoms with van der Waals surface area (Å²) in [6.07, 6.45) is 4.40. The van der Waals surface area contributed by atoms with Crippen molar-refractivity contribution in [1.82, 2.24) is 25.5 Å². The molecule has 2 amide bonds. The average Bonchev–Trinajstić information content (AvgIpc) is 3.95. The summed E-state index contributed by atoms with van der Waals surface area (Å²) in [6.45, 7) is 4.46. The summed E-state index contributed by atoms with van der Waals surface area (Å²) in [5.41, 5.74) is 6.76. The van der Waals surface area contributed by atoms with Crippen LogP contribution in [-0.2, 0) is 41.9 Å². The lowest BCUT2D eigenvalue weighted by Gasteiger charge is -2.33. The number of hydrogen-bond acceptors (Lipinski definition) is 11. The zero-order valence-electron chi connectivity index (χ0n) is 29.0. The SMILES string of the molecule is CC(Cc1ccc2c(c1)OCO2)CN(C[C@@H](Cc1ccccc1)NC(=O)OCc1cncs1)C[C@@H](Cc1ccccc1)NC(=O)OCc1cncs1. The second-order valence-corrected chi connectivity index (χ2v) is 14.8. The van der Waals surface area contributed by atoms with Crippen LogP contribution in [0.2, 0.25) is 0 Å². The fourth-order valence-corrected chi connectivity index (χ4v) is 7.27. The van der Waals surface area contributed by atoms with Gasteiger partial charge in [0.15, 0.2) is 11.5 Å².